The molecule has 4 nitrogen and oxygen atoms in total. The Morgan fingerprint density at radius 3 is 2.92 bits per heavy atom. The average molecular weight is 166 g/mol. The van der Waals surface area contributed by atoms with E-state index in [1.807, 2.05) is 7.05 Å². The molecule has 0 bridgehead atoms. The van der Waals surface area contributed by atoms with Crippen molar-refractivity contribution in [2.24, 2.45) is 5.92 Å². The monoisotopic (exact) mass is 166 g/mol. The summed E-state index contributed by atoms with van der Waals surface area (Å²) in [6.07, 6.45) is 5.80. The maximum absolute atomic E-state index is 4.09. The van der Waals surface area contributed by atoms with E-state index in [2.05, 4.69) is 20.7 Å². The highest BCUT2D eigenvalue weighted by Crippen LogP contribution is 2.36. The molecule has 0 radical (unpaired) electrons. The van der Waals surface area contributed by atoms with Crippen LogP contribution in [0.4, 0.5) is 0 Å². The summed E-state index contributed by atoms with van der Waals surface area (Å²) in [5, 5.41) is 13.8. The summed E-state index contributed by atoms with van der Waals surface area (Å²) < 4.78 is 0. The summed E-state index contributed by atoms with van der Waals surface area (Å²) in [4.78, 5) is 0. The zero-order valence-electron chi connectivity index (χ0n) is 7.25. The Kier molecular flexibility index (Phi) is 2.08. The van der Waals surface area contributed by atoms with Crippen LogP contribution in [0.3, 0.4) is 0 Å². The summed E-state index contributed by atoms with van der Waals surface area (Å²) in [6, 6.07) is 0.400. The molecule has 1 saturated carbocycles. The highest BCUT2D eigenvalue weighted by Gasteiger charge is 2.28. The van der Waals surface area contributed by atoms with Crippen molar-refractivity contribution in [1.82, 2.24) is 20.7 Å². The van der Waals surface area contributed by atoms with Crippen molar-refractivity contribution in [3.63, 3.8) is 0 Å². The molecular weight excluding hydrogens is 152 g/mol. The molecule has 1 aromatic rings. The molecule has 1 atom stereocenters. The quantitative estimate of drug-likeness (QED) is 0.700. The van der Waals surface area contributed by atoms with Crippen LogP contribution < -0.4 is 5.32 Å². The minimum Gasteiger partial charge on any atom is -0.311 e. The number of hydrogen-bond acceptors (Lipinski definition) is 3. The number of rotatable bonds is 3. The Labute approximate surface area is 71.8 Å². The van der Waals surface area contributed by atoms with Crippen LogP contribution in [-0.2, 0) is 0 Å². The lowest BCUT2D eigenvalue weighted by molar-refractivity contribution is 0.236. The summed E-state index contributed by atoms with van der Waals surface area (Å²) in [6.45, 7) is 0. The standard InChI is InChI=1S/C8H14N4/c1-9-8(6-3-2-4-6)7-5-10-12-11-7/h5-6,8-9H,2-4H2,1H3,(H,10,11,12). The Hall–Kier alpha value is -0.900. The number of aromatic amines is 1. The molecule has 0 aliphatic heterocycles. The third-order valence-corrected chi connectivity index (χ3v) is 2.68. The van der Waals surface area contributed by atoms with E-state index in [9.17, 15) is 0 Å². The molecule has 12 heavy (non-hydrogen) atoms. The highest BCUT2D eigenvalue weighted by molar-refractivity contribution is 5.03. The van der Waals surface area contributed by atoms with Crippen LogP contribution in [0, 0.1) is 5.92 Å². The molecular formula is C8H14N4. The first-order valence-corrected chi connectivity index (χ1v) is 4.44. The van der Waals surface area contributed by atoms with Gasteiger partial charge in [-0.15, -0.1) is 0 Å². The van der Waals surface area contributed by atoms with Gasteiger partial charge in [0.15, 0.2) is 0 Å². The topological polar surface area (TPSA) is 53.6 Å². The van der Waals surface area contributed by atoms with Gasteiger partial charge in [0.1, 0.15) is 0 Å². The van der Waals surface area contributed by atoms with Gasteiger partial charge in [0.25, 0.3) is 0 Å². The van der Waals surface area contributed by atoms with Crippen LogP contribution in [0.1, 0.15) is 31.0 Å². The van der Waals surface area contributed by atoms with E-state index in [1.165, 1.54) is 19.3 Å². The molecule has 1 aliphatic rings. The van der Waals surface area contributed by atoms with E-state index >= 15 is 0 Å². The van der Waals surface area contributed by atoms with Gasteiger partial charge in [0, 0.05) is 0 Å². The third kappa shape index (κ3) is 1.22. The summed E-state index contributed by atoms with van der Waals surface area (Å²) >= 11 is 0. The van der Waals surface area contributed by atoms with E-state index in [1.54, 1.807) is 6.20 Å². The van der Waals surface area contributed by atoms with Crippen LogP contribution in [0.5, 0.6) is 0 Å². The number of nitrogens with one attached hydrogen (secondary N) is 2. The second-order valence-electron chi connectivity index (χ2n) is 3.35. The predicted molar refractivity (Wildman–Crippen MR) is 45.5 cm³/mol. The third-order valence-electron chi connectivity index (χ3n) is 2.68. The van der Waals surface area contributed by atoms with Crippen LogP contribution in [0.25, 0.3) is 0 Å². The second kappa shape index (κ2) is 3.23. The Morgan fingerprint density at radius 2 is 2.50 bits per heavy atom. The van der Waals surface area contributed by atoms with Crippen molar-refractivity contribution in [2.75, 3.05) is 7.05 Å². The van der Waals surface area contributed by atoms with Crippen molar-refractivity contribution in [1.29, 1.82) is 0 Å². The van der Waals surface area contributed by atoms with E-state index in [0.717, 1.165) is 11.6 Å². The van der Waals surface area contributed by atoms with Gasteiger partial charge in [0.2, 0.25) is 0 Å². The van der Waals surface area contributed by atoms with Gasteiger partial charge in [0.05, 0.1) is 17.9 Å². The van der Waals surface area contributed by atoms with Gasteiger partial charge in [-0.3, -0.25) is 0 Å². The lowest BCUT2D eigenvalue weighted by Gasteiger charge is -2.32. The number of hydrogen-bond donors (Lipinski definition) is 2. The van der Waals surface area contributed by atoms with Gasteiger partial charge >= 0.3 is 0 Å². The first kappa shape index (κ1) is 7.73. The molecule has 66 valence electrons. The van der Waals surface area contributed by atoms with Crippen LogP contribution in [0.15, 0.2) is 6.20 Å². The minimum absolute atomic E-state index is 0.400. The lowest BCUT2D eigenvalue weighted by Crippen LogP contribution is -2.30. The van der Waals surface area contributed by atoms with Crippen molar-refractivity contribution < 1.29 is 0 Å². The fourth-order valence-corrected chi connectivity index (χ4v) is 1.76. The first-order valence-electron chi connectivity index (χ1n) is 4.44. The maximum atomic E-state index is 4.09. The largest absolute Gasteiger partial charge is 0.311 e. The highest BCUT2D eigenvalue weighted by atomic mass is 15.3. The van der Waals surface area contributed by atoms with E-state index in [4.69, 9.17) is 0 Å². The fourth-order valence-electron chi connectivity index (χ4n) is 1.76. The smallest absolute Gasteiger partial charge is 0.0996 e. The zero-order chi connectivity index (χ0) is 8.39. The number of H-pyrrole nitrogens is 1. The minimum atomic E-state index is 0.400. The molecule has 1 heterocycles. The van der Waals surface area contributed by atoms with Crippen LogP contribution in [-0.4, -0.2) is 22.5 Å². The summed E-state index contributed by atoms with van der Waals surface area (Å²) in [7, 11) is 1.98. The fraction of sp³-hybridized carbons (Fsp3) is 0.750. The van der Waals surface area contributed by atoms with Crippen molar-refractivity contribution >= 4 is 0 Å². The average Bonchev–Trinajstić information content (AvgIpc) is 2.47. The molecule has 4 heteroatoms. The molecule has 1 unspecified atom stereocenters. The second-order valence-corrected chi connectivity index (χ2v) is 3.35. The van der Waals surface area contributed by atoms with Crippen molar-refractivity contribution in [2.45, 2.75) is 25.3 Å². The van der Waals surface area contributed by atoms with E-state index in [-0.39, 0.29) is 0 Å². The normalized spacial score (nSPS) is 20.4. The van der Waals surface area contributed by atoms with Crippen molar-refractivity contribution in [3.8, 4) is 0 Å². The SMILES string of the molecule is CNC(c1cn[nH]n1)C1CCC1. The number of nitrogens with zero attached hydrogens (tertiary/aromatic N) is 2. The summed E-state index contributed by atoms with van der Waals surface area (Å²) in [5.41, 5.74) is 1.04. The Morgan fingerprint density at radius 1 is 1.67 bits per heavy atom. The molecule has 1 aromatic heterocycles. The van der Waals surface area contributed by atoms with E-state index in [0.29, 0.717) is 6.04 Å². The predicted octanol–water partition coefficient (Wildman–Crippen LogP) is 0.865. The molecule has 0 saturated heterocycles. The molecule has 0 spiro atoms. The van der Waals surface area contributed by atoms with Gasteiger partial charge in [-0.1, -0.05) is 6.42 Å². The zero-order valence-corrected chi connectivity index (χ0v) is 7.25. The van der Waals surface area contributed by atoms with Crippen LogP contribution in [0.2, 0.25) is 0 Å². The molecule has 2 rings (SSSR count). The molecule has 0 aromatic carbocycles. The number of aromatic nitrogens is 3. The van der Waals surface area contributed by atoms with E-state index < -0.39 is 0 Å². The molecule has 0 amide bonds. The molecule has 1 fully saturated rings. The van der Waals surface area contributed by atoms with Gasteiger partial charge in [-0.2, -0.15) is 15.4 Å². The molecule has 2 N–H and O–H groups in total. The van der Waals surface area contributed by atoms with Crippen molar-refractivity contribution in [3.05, 3.63) is 11.9 Å². The van der Waals surface area contributed by atoms with Gasteiger partial charge < -0.3 is 5.32 Å². The maximum Gasteiger partial charge on any atom is 0.0996 e. The molecule has 1 aliphatic carbocycles. The Balaban J connectivity index is 2.07. The summed E-state index contributed by atoms with van der Waals surface area (Å²) in [5.74, 6) is 0.764. The lowest BCUT2D eigenvalue weighted by atomic mass is 9.79. The van der Waals surface area contributed by atoms with Crippen LogP contribution >= 0.6 is 0 Å². The Bertz CT molecular complexity index is 227. The van der Waals surface area contributed by atoms with Gasteiger partial charge in [-0.25, -0.2) is 0 Å². The van der Waals surface area contributed by atoms with Gasteiger partial charge in [-0.05, 0) is 25.8 Å². The first-order chi connectivity index (χ1) is 5.92.